The monoisotopic (exact) mass is 412 g/mol. The van der Waals surface area contributed by atoms with Crippen molar-refractivity contribution in [1.82, 2.24) is 0 Å². The minimum absolute atomic E-state index is 0.117. The van der Waals surface area contributed by atoms with Gasteiger partial charge >= 0.3 is 0 Å². The van der Waals surface area contributed by atoms with Crippen LogP contribution >= 0.6 is 8.58 Å². The second-order valence-electron chi connectivity index (χ2n) is 5.91. The van der Waals surface area contributed by atoms with Crippen molar-refractivity contribution in [2.45, 2.75) is 26.7 Å². The lowest BCUT2D eigenvalue weighted by molar-refractivity contribution is 0.381. The van der Waals surface area contributed by atoms with Crippen LogP contribution in [0.2, 0.25) is 0 Å². The summed E-state index contributed by atoms with van der Waals surface area (Å²) in [4.78, 5) is 0. The molecule has 2 atom stereocenters. The van der Waals surface area contributed by atoms with Crippen molar-refractivity contribution >= 4 is 8.58 Å². The van der Waals surface area contributed by atoms with Crippen LogP contribution in [0, 0.1) is 40.8 Å². The van der Waals surface area contributed by atoms with E-state index < -0.39 is 46.0 Å². The van der Waals surface area contributed by atoms with E-state index in [0.29, 0.717) is 8.58 Å². The molecule has 0 bridgehead atoms. The summed E-state index contributed by atoms with van der Waals surface area (Å²) in [7, 11) is 0.538. The highest BCUT2D eigenvalue weighted by Gasteiger charge is 2.27. The first-order valence-corrected chi connectivity index (χ1v) is 9.70. The Balaban J connectivity index is 0.000000345. The van der Waals surface area contributed by atoms with E-state index >= 15 is 0 Å². The molecule has 2 aromatic rings. The zero-order chi connectivity index (χ0) is 20.6. The molecule has 0 saturated carbocycles. The maximum atomic E-state index is 13.4. The molecule has 0 heterocycles. The van der Waals surface area contributed by atoms with Crippen LogP contribution in [0.15, 0.2) is 24.3 Å². The Hall–Kier alpha value is -1.62. The molecule has 2 rings (SSSR count). The lowest BCUT2D eigenvalue weighted by Crippen LogP contribution is -2.04. The second-order valence-corrected chi connectivity index (χ2v) is 7.08. The Kier molecular flexibility index (Phi) is 9.78. The predicted molar refractivity (Wildman–Crippen MR) is 94.9 cm³/mol. The fraction of sp³-hybridized carbons (Fsp3) is 0.368. The van der Waals surface area contributed by atoms with Crippen molar-refractivity contribution in [2.75, 3.05) is 12.6 Å². The quantitative estimate of drug-likeness (QED) is 0.203. The van der Waals surface area contributed by atoms with Gasteiger partial charge in [0.15, 0.2) is 23.3 Å². The van der Waals surface area contributed by atoms with E-state index in [9.17, 15) is 30.7 Å². The first kappa shape index (κ1) is 23.4. The Morgan fingerprint density at radius 3 is 1.85 bits per heavy atom. The van der Waals surface area contributed by atoms with Crippen LogP contribution in [-0.4, -0.2) is 12.6 Å². The van der Waals surface area contributed by atoms with Gasteiger partial charge in [-0.3, -0.25) is 0 Å². The average molecular weight is 412 g/mol. The van der Waals surface area contributed by atoms with Crippen molar-refractivity contribution in [1.29, 1.82) is 0 Å². The van der Waals surface area contributed by atoms with Crippen molar-refractivity contribution in [3.05, 3.63) is 59.2 Å². The highest BCUT2D eigenvalue weighted by Crippen LogP contribution is 2.32. The molecule has 0 aromatic heterocycles. The van der Waals surface area contributed by atoms with Crippen LogP contribution in [0.4, 0.5) is 30.7 Å². The van der Waals surface area contributed by atoms with Gasteiger partial charge in [0.25, 0.3) is 0 Å². The number of alkyl halides is 1. The van der Waals surface area contributed by atoms with Crippen molar-refractivity contribution < 1.29 is 30.7 Å². The van der Waals surface area contributed by atoms with E-state index in [2.05, 4.69) is 13.8 Å². The molecule has 2 aromatic carbocycles. The molecule has 0 saturated heterocycles. The van der Waals surface area contributed by atoms with Gasteiger partial charge in [-0.1, -0.05) is 53.5 Å². The van der Waals surface area contributed by atoms with Crippen LogP contribution in [-0.2, 0) is 0 Å². The molecule has 27 heavy (non-hydrogen) atoms. The maximum absolute atomic E-state index is 13.4. The Labute approximate surface area is 155 Å². The van der Waals surface area contributed by atoms with Gasteiger partial charge in [-0.2, -0.15) is 0 Å². The summed E-state index contributed by atoms with van der Waals surface area (Å²) >= 11 is 0. The van der Waals surface area contributed by atoms with Crippen LogP contribution in [0.3, 0.4) is 0 Å². The Morgan fingerprint density at radius 1 is 0.852 bits per heavy atom. The van der Waals surface area contributed by atoms with Crippen LogP contribution in [0.5, 0.6) is 0 Å². The highest BCUT2D eigenvalue weighted by atomic mass is 31.1. The lowest BCUT2D eigenvalue weighted by atomic mass is 10.0. The van der Waals surface area contributed by atoms with E-state index in [1.807, 2.05) is 0 Å². The first-order chi connectivity index (χ1) is 12.8. The molecular formula is C19H20F7P. The zero-order valence-corrected chi connectivity index (χ0v) is 15.9. The van der Waals surface area contributed by atoms with Crippen molar-refractivity contribution in [3.63, 3.8) is 0 Å². The summed E-state index contributed by atoms with van der Waals surface area (Å²) in [5.74, 6) is -10.9. The van der Waals surface area contributed by atoms with E-state index in [-0.39, 0.29) is 6.42 Å². The third-order valence-corrected chi connectivity index (χ3v) is 4.90. The van der Waals surface area contributed by atoms with Crippen LogP contribution < -0.4 is 0 Å². The molecule has 0 spiro atoms. The third kappa shape index (κ3) is 6.20. The van der Waals surface area contributed by atoms with Gasteiger partial charge < -0.3 is 0 Å². The fourth-order valence-corrected chi connectivity index (χ4v) is 3.21. The molecule has 0 aliphatic heterocycles. The van der Waals surface area contributed by atoms with E-state index in [1.165, 1.54) is 25.0 Å². The van der Waals surface area contributed by atoms with Gasteiger partial charge in [0.2, 0.25) is 5.82 Å². The molecule has 150 valence electrons. The minimum atomic E-state index is -2.27. The Morgan fingerprint density at radius 2 is 1.37 bits per heavy atom. The summed E-state index contributed by atoms with van der Waals surface area (Å²) in [5, 5.41) is 0. The largest absolute Gasteiger partial charge is 0.246 e. The number of halogens is 7. The number of rotatable bonds is 6. The first-order valence-electron chi connectivity index (χ1n) is 8.29. The smallest absolute Gasteiger partial charge is 0.200 e. The van der Waals surface area contributed by atoms with Crippen LogP contribution in [0.1, 0.15) is 26.7 Å². The molecule has 0 N–H and O–H groups in total. The molecule has 8 heteroatoms. The van der Waals surface area contributed by atoms with Gasteiger partial charge in [0, 0.05) is 5.56 Å². The standard InChI is InChI=1S/C12H4F6.C7H16FP/c13-6-4-2-1-3-5(6)7-8(14)10(16)12(18)11(17)9(7)15;1-3-4-7(2)5-9-6-8/h1-4H;7,9H,3-6H2,1-2H3. The van der Waals surface area contributed by atoms with Gasteiger partial charge in [0.05, 0.1) is 5.56 Å². The van der Waals surface area contributed by atoms with Gasteiger partial charge in [-0.05, 0) is 18.1 Å². The molecule has 0 fully saturated rings. The van der Waals surface area contributed by atoms with Gasteiger partial charge in [-0.15, -0.1) is 0 Å². The number of hydrogen-bond donors (Lipinski definition) is 0. The van der Waals surface area contributed by atoms with E-state index in [0.717, 1.165) is 24.2 Å². The fourth-order valence-electron chi connectivity index (χ4n) is 2.40. The molecule has 0 aliphatic carbocycles. The second kappa shape index (κ2) is 11.3. The van der Waals surface area contributed by atoms with Crippen LogP contribution in [0.25, 0.3) is 11.1 Å². The normalized spacial score (nSPS) is 12.2. The summed E-state index contributed by atoms with van der Waals surface area (Å²) in [6, 6.07) is 4.22. The summed E-state index contributed by atoms with van der Waals surface area (Å²) in [5.41, 5.74) is -1.96. The number of benzene rings is 2. The minimum Gasteiger partial charge on any atom is -0.246 e. The Bertz CT molecular complexity index is 720. The maximum Gasteiger partial charge on any atom is 0.200 e. The van der Waals surface area contributed by atoms with E-state index in [4.69, 9.17) is 0 Å². The summed E-state index contributed by atoms with van der Waals surface area (Å²) in [6.45, 7) is 4.38. The number of hydrogen-bond acceptors (Lipinski definition) is 0. The molecule has 0 aliphatic rings. The van der Waals surface area contributed by atoms with E-state index in [1.54, 1.807) is 0 Å². The summed E-state index contributed by atoms with van der Waals surface area (Å²) in [6.07, 6.45) is 3.46. The third-order valence-electron chi connectivity index (χ3n) is 3.72. The molecule has 0 amide bonds. The predicted octanol–water partition coefficient (Wildman–Crippen LogP) is 7.22. The lowest BCUT2D eigenvalue weighted by Gasteiger charge is -2.08. The van der Waals surface area contributed by atoms with Crippen molar-refractivity contribution in [2.24, 2.45) is 5.92 Å². The zero-order valence-electron chi connectivity index (χ0n) is 14.9. The average Bonchev–Trinajstić information content (AvgIpc) is 2.65. The molecule has 2 unspecified atom stereocenters. The topological polar surface area (TPSA) is 0 Å². The molecular weight excluding hydrogens is 392 g/mol. The molecule has 0 nitrogen and oxygen atoms in total. The molecule has 0 radical (unpaired) electrons. The SMILES string of the molecule is CCCC(C)CPCF.Fc1ccccc1-c1c(F)c(F)c(F)c(F)c1F. The highest BCUT2D eigenvalue weighted by molar-refractivity contribution is 7.37. The van der Waals surface area contributed by atoms with Gasteiger partial charge in [-0.25, -0.2) is 30.7 Å². The van der Waals surface area contributed by atoms with Crippen molar-refractivity contribution in [3.8, 4) is 11.1 Å². The summed E-state index contributed by atoms with van der Waals surface area (Å²) < 4.78 is 90.4. The van der Waals surface area contributed by atoms with Gasteiger partial charge in [0.1, 0.15) is 12.2 Å².